The van der Waals surface area contributed by atoms with Gasteiger partial charge in [0.15, 0.2) is 0 Å². The summed E-state index contributed by atoms with van der Waals surface area (Å²) in [5, 5.41) is 2.18. The van der Waals surface area contributed by atoms with Gasteiger partial charge in [-0.3, -0.25) is 0 Å². The van der Waals surface area contributed by atoms with Crippen molar-refractivity contribution in [1.29, 1.82) is 0 Å². The van der Waals surface area contributed by atoms with Crippen molar-refractivity contribution < 1.29 is 0 Å². The molecule has 0 saturated carbocycles. The van der Waals surface area contributed by atoms with E-state index < -0.39 is 0 Å². The van der Waals surface area contributed by atoms with Gasteiger partial charge < -0.3 is 0 Å². The van der Waals surface area contributed by atoms with Gasteiger partial charge in [0.1, 0.15) is 0 Å². The van der Waals surface area contributed by atoms with Crippen LogP contribution in [0.2, 0.25) is 0 Å². The van der Waals surface area contributed by atoms with Crippen molar-refractivity contribution in [1.82, 2.24) is 0 Å². The Hall–Kier alpha value is 0.0500. The maximum Gasteiger partial charge on any atom is 0.0627 e. The first-order chi connectivity index (χ1) is 4.88. The van der Waals surface area contributed by atoms with Gasteiger partial charge >= 0.3 is 0 Å². The van der Waals surface area contributed by atoms with E-state index in [2.05, 4.69) is 24.6 Å². The van der Waals surface area contributed by atoms with Gasteiger partial charge in [-0.05, 0) is 29.7 Å². The van der Waals surface area contributed by atoms with Crippen LogP contribution in [0.15, 0.2) is 15.7 Å². The molecule has 1 heterocycles. The summed E-state index contributed by atoms with van der Waals surface area (Å²) in [5.74, 6) is 0. The van der Waals surface area contributed by atoms with E-state index in [1.165, 1.54) is 22.6 Å². The van der Waals surface area contributed by atoms with Crippen LogP contribution in [0.3, 0.4) is 0 Å². The van der Waals surface area contributed by atoms with Gasteiger partial charge in [0.2, 0.25) is 0 Å². The van der Waals surface area contributed by atoms with Crippen LogP contribution < -0.4 is 0 Å². The second-order valence-corrected chi connectivity index (χ2v) is 4.18. The van der Waals surface area contributed by atoms with Crippen molar-refractivity contribution in [3.8, 4) is 0 Å². The van der Waals surface area contributed by atoms with Crippen molar-refractivity contribution in [3.05, 3.63) is 17.0 Å². The third-order valence-corrected chi connectivity index (χ3v) is 3.58. The van der Waals surface area contributed by atoms with Crippen LogP contribution in [0.25, 0.3) is 0 Å². The van der Waals surface area contributed by atoms with E-state index in [1.807, 2.05) is 23.1 Å². The third kappa shape index (κ3) is 1.77. The van der Waals surface area contributed by atoms with E-state index in [4.69, 9.17) is 0 Å². The molecule has 0 aliphatic heterocycles. The van der Waals surface area contributed by atoms with Crippen LogP contribution in [-0.4, -0.2) is 6.26 Å². The summed E-state index contributed by atoms with van der Waals surface area (Å²) < 4.78 is 1.49. The van der Waals surface area contributed by atoms with Crippen LogP contribution in [-0.2, 0) is 6.42 Å². The molecule has 0 radical (unpaired) electrons. The Morgan fingerprint density at radius 2 is 2.40 bits per heavy atom. The second kappa shape index (κ2) is 4.04. The summed E-state index contributed by atoms with van der Waals surface area (Å²) in [6.07, 6.45) is 4.63. The summed E-state index contributed by atoms with van der Waals surface area (Å²) in [6, 6.07) is 2.24. The van der Waals surface area contributed by atoms with Crippen LogP contribution >= 0.6 is 23.1 Å². The van der Waals surface area contributed by atoms with Crippen molar-refractivity contribution >= 4 is 23.1 Å². The highest BCUT2D eigenvalue weighted by molar-refractivity contribution is 8.00. The highest BCUT2D eigenvalue weighted by atomic mass is 32.2. The number of thioether (sulfide) groups is 1. The molecule has 0 unspecified atom stereocenters. The molecule has 0 spiro atoms. The average molecular weight is 172 g/mol. The molecule has 0 aliphatic rings. The van der Waals surface area contributed by atoms with Crippen LogP contribution in [0.4, 0.5) is 0 Å². The zero-order valence-corrected chi connectivity index (χ0v) is 8.02. The molecular weight excluding hydrogens is 160 g/mol. The van der Waals surface area contributed by atoms with E-state index in [0.717, 1.165) is 0 Å². The molecule has 2 heteroatoms. The van der Waals surface area contributed by atoms with Gasteiger partial charge in [-0.2, -0.15) is 0 Å². The number of thiophene rings is 1. The fraction of sp³-hybridized carbons (Fsp3) is 0.500. The molecule has 0 amide bonds. The first-order valence-corrected chi connectivity index (χ1v) is 5.59. The summed E-state index contributed by atoms with van der Waals surface area (Å²) >= 11 is 3.71. The molecule has 56 valence electrons. The maximum absolute atomic E-state index is 2.24. The highest BCUT2D eigenvalue weighted by Gasteiger charge is 1.99. The monoisotopic (exact) mass is 172 g/mol. The Morgan fingerprint density at radius 1 is 1.60 bits per heavy atom. The van der Waals surface area contributed by atoms with Crippen molar-refractivity contribution in [2.75, 3.05) is 6.26 Å². The van der Waals surface area contributed by atoms with E-state index in [0.29, 0.717) is 0 Å². The lowest BCUT2D eigenvalue weighted by atomic mass is 10.2. The van der Waals surface area contributed by atoms with Gasteiger partial charge in [0, 0.05) is 0 Å². The lowest BCUT2D eigenvalue weighted by Gasteiger charge is -1.95. The van der Waals surface area contributed by atoms with E-state index in [1.54, 1.807) is 0 Å². The quantitative estimate of drug-likeness (QED) is 0.629. The lowest BCUT2D eigenvalue weighted by molar-refractivity contribution is 0.912. The largest absolute Gasteiger partial charge is 0.137 e. The fourth-order valence-corrected chi connectivity index (χ4v) is 2.62. The Morgan fingerprint density at radius 3 is 3.00 bits per heavy atom. The SMILES string of the molecule is CCCc1ccsc1SC. The fourth-order valence-electron chi connectivity index (χ4n) is 0.956. The zero-order chi connectivity index (χ0) is 7.40. The molecule has 0 fully saturated rings. The minimum Gasteiger partial charge on any atom is -0.137 e. The normalized spacial score (nSPS) is 10.2. The Labute approximate surface area is 70.7 Å². The predicted molar refractivity (Wildman–Crippen MR) is 50.1 cm³/mol. The van der Waals surface area contributed by atoms with Gasteiger partial charge in [0.25, 0.3) is 0 Å². The lowest BCUT2D eigenvalue weighted by Crippen LogP contribution is -1.78. The Kier molecular flexibility index (Phi) is 3.29. The molecular formula is C8H12S2. The predicted octanol–water partition coefficient (Wildman–Crippen LogP) is 3.42. The molecule has 1 aromatic heterocycles. The molecule has 0 aromatic carbocycles. The van der Waals surface area contributed by atoms with Crippen LogP contribution in [0.5, 0.6) is 0 Å². The maximum atomic E-state index is 2.24. The minimum absolute atomic E-state index is 1.24. The van der Waals surface area contributed by atoms with Gasteiger partial charge in [-0.1, -0.05) is 13.3 Å². The van der Waals surface area contributed by atoms with Gasteiger partial charge in [-0.15, -0.1) is 23.1 Å². The number of aryl methyl sites for hydroxylation is 1. The number of hydrogen-bond acceptors (Lipinski definition) is 2. The second-order valence-electron chi connectivity index (χ2n) is 2.19. The van der Waals surface area contributed by atoms with Gasteiger partial charge in [-0.25, -0.2) is 0 Å². The third-order valence-electron chi connectivity index (χ3n) is 1.41. The highest BCUT2D eigenvalue weighted by Crippen LogP contribution is 2.27. The smallest absolute Gasteiger partial charge is 0.0627 e. The van der Waals surface area contributed by atoms with Gasteiger partial charge in [0.05, 0.1) is 4.21 Å². The summed E-state index contributed by atoms with van der Waals surface area (Å²) in [5.41, 5.74) is 1.53. The molecule has 0 nitrogen and oxygen atoms in total. The molecule has 1 rings (SSSR count). The molecule has 10 heavy (non-hydrogen) atoms. The minimum atomic E-state index is 1.24. The summed E-state index contributed by atoms with van der Waals surface area (Å²) in [7, 11) is 0. The van der Waals surface area contributed by atoms with Crippen LogP contribution in [0.1, 0.15) is 18.9 Å². The number of rotatable bonds is 3. The summed E-state index contributed by atoms with van der Waals surface area (Å²) in [6.45, 7) is 2.22. The first-order valence-electron chi connectivity index (χ1n) is 3.48. The van der Waals surface area contributed by atoms with Crippen molar-refractivity contribution in [3.63, 3.8) is 0 Å². The topological polar surface area (TPSA) is 0 Å². The van der Waals surface area contributed by atoms with Crippen molar-refractivity contribution in [2.45, 2.75) is 24.0 Å². The van der Waals surface area contributed by atoms with Crippen LogP contribution in [0, 0.1) is 0 Å². The Bertz CT molecular complexity index is 191. The molecule has 1 aromatic rings. The average Bonchev–Trinajstić information content (AvgIpc) is 2.36. The standard InChI is InChI=1S/C8H12S2/c1-3-4-7-5-6-10-8(7)9-2/h5-6H,3-4H2,1-2H3. The summed E-state index contributed by atoms with van der Waals surface area (Å²) in [4.78, 5) is 0. The molecule has 0 N–H and O–H groups in total. The molecule has 0 atom stereocenters. The molecule has 0 saturated heterocycles. The van der Waals surface area contributed by atoms with E-state index in [9.17, 15) is 0 Å². The van der Waals surface area contributed by atoms with E-state index >= 15 is 0 Å². The first kappa shape index (κ1) is 8.15. The van der Waals surface area contributed by atoms with E-state index in [-0.39, 0.29) is 0 Å². The molecule has 0 bridgehead atoms. The zero-order valence-electron chi connectivity index (χ0n) is 6.39. The van der Waals surface area contributed by atoms with Crippen molar-refractivity contribution in [2.24, 2.45) is 0 Å². The molecule has 0 aliphatic carbocycles. The Balaban J connectivity index is 2.70. The number of hydrogen-bond donors (Lipinski definition) is 0.